The van der Waals surface area contributed by atoms with Crippen molar-refractivity contribution in [3.8, 4) is 0 Å². The number of rotatable bonds is 5. The molecule has 0 saturated heterocycles. The van der Waals surface area contributed by atoms with E-state index < -0.39 is 10.0 Å². The van der Waals surface area contributed by atoms with Crippen LogP contribution >= 0.6 is 11.8 Å². The highest BCUT2D eigenvalue weighted by Gasteiger charge is 2.22. The fraction of sp³-hybridized carbons (Fsp3) is 0.500. The van der Waals surface area contributed by atoms with Crippen LogP contribution < -0.4 is 5.32 Å². The van der Waals surface area contributed by atoms with Crippen molar-refractivity contribution in [2.24, 2.45) is 4.99 Å². The van der Waals surface area contributed by atoms with Crippen LogP contribution in [0.2, 0.25) is 0 Å². The van der Waals surface area contributed by atoms with Gasteiger partial charge < -0.3 is 5.32 Å². The predicted molar refractivity (Wildman–Crippen MR) is 89.5 cm³/mol. The molecule has 0 amide bonds. The molecule has 1 aliphatic rings. The molecule has 0 unspecified atom stereocenters. The van der Waals surface area contributed by atoms with Crippen molar-refractivity contribution >= 4 is 32.6 Å². The summed E-state index contributed by atoms with van der Waals surface area (Å²) in [6.07, 6.45) is 0. The van der Waals surface area contributed by atoms with E-state index in [2.05, 4.69) is 17.2 Å². The van der Waals surface area contributed by atoms with Gasteiger partial charge in [-0.3, -0.25) is 4.99 Å². The Morgan fingerprint density at radius 2 is 2.10 bits per heavy atom. The lowest BCUT2D eigenvalue weighted by atomic mass is 10.3. The van der Waals surface area contributed by atoms with E-state index in [1.807, 2.05) is 19.9 Å². The van der Waals surface area contributed by atoms with Gasteiger partial charge in [0.1, 0.15) is 0 Å². The molecule has 0 bridgehead atoms. The van der Waals surface area contributed by atoms with Gasteiger partial charge in [0.25, 0.3) is 0 Å². The van der Waals surface area contributed by atoms with Crippen LogP contribution in [0.25, 0.3) is 0 Å². The first-order chi connectivity index (χ1) is 9.97. The molecule has 5 nitrogen and oxygen atoms in total. The number of hydrogen-bond acceptors (Lipinski definition) is 5. The number of sulfonamides is 1. The molecule has 116 valence electrons. The van der Waals surface area contributed by atoms with E-state index in [1.54, 1.807) is 30.0 Å². The summed E-state index contributed by atoms with van der Waals surface area (Å²) in [4.78, 5) is 4.69. The van der Waals surface area contributed by atoms with Gasteiger partial charge in [0.05, 0.1) is 11.4 Å². The number of hydrogen-bond donors (Lipinski definition) is 1. The highest BCUT2D eigenvalue weighted by molar-refractivity contribution is 8.15. The molecule has 0 fully saturated rings. The molecule has 0 aliphatic carbocycles. The summed E-state index contributed by atoms with van der Waals surface area (Å²) in [5, 5.41) is 4.50. The summed E-state index contributed by atoms with van der Waals surface area (Å²) in [7, 11) is -3.42. The number of benzene rings is 1. The molecule has 1 atom stereocenters. The molecular formula is C14H21N3O2S2. The van der Waals surface area contributed by atoms with Gasteiger partial charge in [0.15, 0.2) is 5.17 Å². The Bertz CT molecular complexity index is 625. The van der Waals surface area contributed by atoms with Crippen LogP contribution in [0.4, 0.5) is 5.69 Å². The average molecular weight is 327 g/mol. The maximum absolute atomic E-state index is 12.5. The van der Waals surface area contributed by atoms with Crippen LogP contribution in [0.15, 0.2) is 34.2 Å². The van der Waals surface area contributed by atoms with E-state index in [0.717, 1.165) is 17.4 Å². The fourth-order valence-corrected chi connectivity index (χ4v) is 4.48. The molecule has 0 saturated carbocycles. The van der Waals surface area contributed by atoms with E-state index in [0.29, 0.717) is 23.2 Å². The molecule has 1 heterocycles. The first-order valence-corrected chi connectivity index (χ1v) is 9.37. The van der Waals surface area contributed by atoms with Gasteiger partial charge in [-0.1, -0.05) is 38.6 Å². The molecule has 1 aromatic rings. The molecular weight excluding hydrogens is 306 g/mol. The van der Waals surface area contributed by atoms with E-state index in [4.69, 9.17) is 0 Å². The molecule has 21 heavy (non-hydrogen) atoms. The van der Waals surface area contributed by atoms with Gasteiger partial charge >= 0.3 is 0 Å². The largest absolute Gasteiger partial charge is 0.335 e. The predicted octanol–water partition coefficient (Wildman–Crippen LogP) is 2.62. The normalized spacial score (nSPS) is 18.9. The highest BCUT2D eigenvalue weighted by Crippen LogP contribution is 2.24. The Morgan fingerprint density at radius 1 is 1.38 bits per heavy atom. The van der Waals surface area contributed by atoms with Crippen LogP contribution in [0.5, 0.6) is 0 Å². The number of thioether (sulfide) groups is 1. The second-order valence-corrected chi connectivity index (χ2v) is 8.18. The van der Waals surface area contributed by atoms with Gasteiger partial charge in [-0.05, 0) is 18.2 Å². The van der Waals surface area contributed by atoms with Gasteiger partial charge in [0, 0.05) is 24.0 Å². The summed E-state index contributed by atoms with van der Waals surface area (Å²) in [5.74, 6) is 0. The number of anilines is 1. The summed E-state index contributed by atoms with van der Waals surface area (Å²) in [5.41, 5.74) is 0.753. The second-order valence-electron chi connectivity index (χ2n) is 4.82. The van der Waals surface area contributed by atoms with Crippen LogP contribution in [-0.2, 0) is 10.0 Å². The summed E-state index contributed by atoms with van der Waals surface area (Å²) in [6, 6.07) is 6.90. The number of nitrogens with zero attached hydrogens (tertiary/aromatic N) is 2. The third-order valence-electron chi connectivity index (χ3n) is 3.23. The summed E-state index contributed by atoms with van der Waals surface area (Å²) in [6.45, 7) is 7.53. The van der Waals surface area contributed by atoms with Crippen molar-refractivity contribution in [2.75, 3.05) is 25.0 Å². The molecule has 2 rings (SSSR count). The van der Waals surface area contributed by atoms with E-state index >= 15 is 0 Å². The van der Waals surface area contributed by atoms with Crippen LogP contribution in [0, 0.1) is 0 Å². The third-order valence-corrected chi connectivity index (χ3v) is 6.29. The molecule has 7 heteroatoms. The lowest BCUT2D eigenvalue weighted by Crippen LogP contribution is -2.30. The van der Waals surface area contributed by atoms with Crippen LogP contribution in [0.3, 0.4) is 0 Å². The molecule has 0 radical (unpaired) electrons. The van der Waals surface area contributed by atoms with Crippen molar-refractivity contribution < 1.29 is 8.42 Å². The molecule has 0 spiro atoms. The minimum atomic E-state index is -3.42. The Balaban J connectivity index is 2.21. The topological polar surface area (TPSA) is 61.8 Å². The zero-order valence-corrected chi connectivity index (χ0v) is 14.2. The minimum Gasteiger partial charge on any atom is -0.335 e. The zero-order chi connectivity index (χ0) is 15.5. The van der Waals surface area contributed by atoms with E-state index in [1.165, 1.54) is 4.31 Å². The van der Waals surface area contributed by atoms with Crippen LogP contribution in [-0.4, -0.2) is 42.8 Å². The minimum absolute atomic E-state index is 0.313. The number of amidine groups is 1. The van der Waals surface area contributed by atoms with Gasteiger partial charge in [-0.15, -0.1) is 0 Å². The van der Waals surface area contributed by atoms with Gasteiger partial charge in [0.2, 0.25) is 10.0 Å². The quantitative estimate of drug-likeness (QED) is 0.903. The Morgan fingerprint density at radius 3 is 2.67 bits per heavy atom. The highest BCUT2D eigenvalue weighted by atomic mass is 32.2. The van der Waals surface area contributed by atoms with Gasteiger partial charge in [-0.2, -0.15) is 4.31 Å². The lowest BCUT2D eigenvalue weighted by molar-refractivity contribution is 0.445. The van der Waals surface area contributed by atoms with Crippen molar-refractivity contribution in [1.82, 2.24) is 4.31 Å². The Kier molecular flexibility index (Phi) is 5.29. The van der Waals surface area contributed by atoms with Crippen molar-refractivity contribution in [3.63, 3.8) is 0 Å². The molecule has 1 aliphatic heterocycles. The number of aliphatic imine (C=N–C) groups is 1. The van der Waals surface area contributed by atoms with Crippen molar-refractivity contribution in [3.05, 3.63) is 24.3 Å². The third kappa shape index (κ3) is 3.78. The monoisotopic (exact) mass is 327 g/mol. The Hall–Kier alpha value is -1.05. The van der Waals surface area contributed by atoms with Gasteiger partial charge in [-0.25, -0.2) is 8.42 Å². The molecule has 0 aromatic heterocycles. The van der Waals surface area contributed by atoms with Crippen molar-refractivity contribution in [1.29, 1.82) is 0 Å². The summed E-state index contributed by atoms with van der Waals surface area (Å²) < 4.78 is 26.5. The molecule has 1 aromatic carbocycles. The van der Waals surface area contributed by atoms with Crippen molar-refractivity contribution in [2.45, 2.75) is 30.9 Å². The summed E-state index contributed by atoms with van der Waals surface area (Å²) >= 11 is 1.67. The first kappa shape index (κ1) is 16.3. The maximum Gasteiger partial charge on any atom is 0.243 e. The zero-order valence-electron chi connectivity index (χ0n) is 12.5. The van der Waals surface area contributed by atoms with E-state index in [-0.39, 0.29) is 0 Å². The SMILES string of the molecule is CCN(CC)S(=O)(=O)c1cccc(NC2=NC[C@@H](C)S2)c1. The standard InChI is InChI=1S/C14H21N3O2S2/c1-4-17(5-2)21(18,19)13-8-6-7-12(9-13)16-14-15-10-11(3)20-14/h6-9,11H,4-5,10H2,1-3H3,(H,15,16)/t11-/m1/s1. The average Bonchev–Trinajstić information content (AvgIpc) is 2.85. The second kappa shape index (κ2) is 6.81. The van der Waals surface area contributed by atoms with E-state index in [9.17, 15) is 8.42 Å². The Labute approximate surface area is 130 Å². The smallest absolute Gasteiger partial charge is 0.243 e. The molecule has 1 N–H and O–H groups in total. The maximum atomic E-state index is 12.5. The lowest BCUT2D eigenvalue weighted by Gasteiger charge is -2.19. The van der Waals surface area contributed by atoms with Crippen LogP contribution in [0.1, 0.15) is 20.8 Å². The fourth-order valence-electron chi connectivity index (χ4n) is 2.12. The number of nitrogens with one attached hydrogen (secondary N) is 1. The first-order valence-electron chi connectivity index (χ1n) is 7.05.